The molecule has 0 aliphatic carbocycles. The van der Waals surface area contributed by atoms with Crippen LogP contribution in [0, 0.1) is 5.82 Å². The lowest BCUT2D eigenvalue weighted by molar-refractivity contribution is -0.143. The molecule has 98 valence electrons. The van der Waals surface area contributed by atoms with Crippen molar-refractivity contribution in [1.29, 1.82) is 0 Å². The SMILES string of the molecule is CCOC(=O)CN(CC)C(=O)c1cncc(F)c1. The average Bonchev–Trinajstić information content (AvgIpc) is 2.35. The van der Waals surface area contributed by atoms with E-state index in [4.69, 9.17) is 4.74 Å². The smallest absolute Gasteiger partial charge is 0.325 e. The molecule has 1 aromatic heterocycles. The lowest BCUT2D eigenvalue weighted by Crippen LogP contribution is -2.36. The van der Waals surface area contributed by atoms with Crippen molar-refractivity contribution in [2.24, 2.45) is 0 Å². The molecule has 0 bridgehead atoms. The Morgan fingerprint density at radius 2 is 2.11 bits per heavy atom. The van der Waals surface area contributed by atoms with Crippen molar-refractivity contribution in [3.05, 3.63) is 29.8 Å². The molecule has 0 fully saturated rings. The van der Waals surface area contributed by atoms with Crippen LogP contribution >= 0.6 is 0 Å². The molecule has 0 spiro atoms. The summed E-state index contributed by atoms with van der Waals surface area (Å²) in [6.45, 7) is 3.84. The molecule has 0 aromatic carbocycles. The minimum atomic E-state index is -0.590. The Bertz CT molecular complexity index is 437. The van der Waals surface area contributed by atoms with Crippen LogP contribution in [0.25, 0.3) is 0 Å². The van der Waals surface area contributed by atoms with Gasteiger partial charge in [-0.25, -0.2) is 4.39 Å². The molecule has 0 saturated carbocycles. The van der Waals surface area contributed by atoms with E-state index in [0.29, 0.717) is 6.54 Å². The van der Waals surface area contributed by atoms with Crippen molar-refractivity contribution in [2.75, 3.05) is 19.7 Å². The first kappa shape index (κ1) is 14.1. The first-order chi connectivity index (χ1) is 8.58. The number of halogens is 1. The first-order valence-electron chi connectivity index (χ1n) is 5.63. The second kappa shape index (κ2) is 6.68. The monoisotopic (exact) mass is 254 g/mol. The fourth-order valence-corrected chi connectivity index (χ4v) is 1.40. The van der Waals surface area contributed by atoms with E-state index in [0.717, 1.165) is 12.3 Å². The lowest BCUT2D eigenvalue weighted by Gasteiger charge is -2.19. The molecule has 0 radical (unpaired) electrons. The van der Waals surface area contributed by atoms with E-state index in [9.17, 15) is 14.0 Å². The Balaban J connectivity index is 2.76. The number of pyridine rings is 1. The molecule has 6 heteroatoms. The second-order valence-corrected chi connectivity index (χ2v) is 3.52. The zero-order chi connectivity index (χ0) is 13.5. The number of hydrogen-bond acceptors (Lipinski definition) is 4. The fourth-order valence-electron chi connectivity index (χ4n) is 1.40. The van der Waals surface area contributed by atoms with Gasteiger partial charge in [-0.05, 0) is 19.9 Å². The highest BCUT2D eigenvalue weighted by molar-refractivity contribution is 5.95. The molecule has 1 amide bonds. The van der Waals surface area contributed by atoms with Crippen molar-refractivity contribution >= 4 is 11.9 Å². The maximum Gasteiger partial charge on any atom is 0.325 e. The summed E-state index contributed by atoms with van der Waals surface area (Å²) in [5, 5.41) is 0. The molecule has 0 unspecified atom stereocenters. The molecule has 0 atom stereocenters. The topological polar surface area (TPSA) is 59.5 Å². The number of amides is 1. The van der Waals surface area contributed by atoms with Crippen LogP contribution < -0.4 is 0 Å². The van der Waals surface area contributed by atoms with Gasteiger partial charge in [-0.2, -0.15) is 0 Å². The predicted molar refractivity (Wildman–Crippen MR) is 62.4 cm³/mol. The van der Waals surface area contributed by atoms with Gasteiger partial charge in [-0.1, -0.05) is 0 Å². The highest BCUT2D eigenvalue weighted by atomic mass is 19.1. The Labute approximate surface area is 105 Å². The summed E-state index contributed by atoms with van der Waals surface area (Å²) in [4.78, 5) is 28.2. The van der Waals surface area contributed by atoms with Gasteiger partial charge >= 0.3 is 5.97 Å². The normalized spacial score (nSPS) is 9.94. The van der Waals surface area contributed by atoms with E-state index in [-0.39, 0.29) is 18.7 Å². The van der Waals surface area contributed by atoms with Crippen LogP contribution in [-0.4, -0.2) is 41.5 Å². The highest BCUT2D eigenvalue weighted by Crippen LogP contribution is 2.05. The van der Waals surface area contributed by atoms with E-state index in [1.165, 1.54) is 11.1 Å². The quantitative estimate of drug-likeness (QED) is 0.742. The van der Waals surface area contributed by atoms with Crippen LogP contribution in [0.5, 0.6) is 0 Å². The van der Waals surface area contributed by atoms with Crippen molar-refractivity contribution in [3.8, 4) is 0 Å². The largest absolute Gasteiger partial charge is 0.465 e. The summed E-state index contributed by atoms with van der Waals surface area (Å²) >= 11 is 0. The second-order valence-electron chi connectivity index (χ2n) is 3.52. The van der Waals surface area contributed by atoms with E-state index >= 15 is 0 Å². The van der Waals surface area contributed by atoms with Gasteiger partial charge in [0.05, 0.1) is 18.4 Å². The van der Waals surface area contributed by atoms with Crippen LogP contribution in [0.4, 0.5) is 4.39 Å². The Morgan fingerprint density at radius 3 is 2.67 bits per heavy atom. The molecule has 0 saturated heterocycles. The zero-order valence-corrected chi connectivity index (χ0v) is 10.4. The predicted octanol–water partition coefficient (Wildman–Crippen LogP) is 1.25. The van der Waals surface area contributed by atoms with Crippen LogP contribution in [0.3, 0.4) is 0 Å². The standard InChI is InChI=1S/C12H15FN2O3/c1-3-15(8-11(16)18-4-2)12(17)9-5-10(13)7-14-6-9/h5-7H,3-4,8H2,1-2H3. The molecule has 0 N–H and O–H groups in total. The molecule has 0 aliphatic heterocycles. The number of carbonyl (C=O) groups excluding carboxylic acids is 2. The van der Waals surface area contributed by atoms with E-state index in [1.54, 1.807) is 13.8 Å². The van der Waals surface area contributed by atoms with E-state index in [2.05, 4.69) is 4.98 Å². The van der Waals surface area contributed by atoms with Gasteiger partial charge in [0.1, 0.15) is 12.4 Å². The van der Waals surface area contributed by atoms with Crippen molar-refractivity contribution in [1.82, 2.24) is 9.88 Å². The summed E-state index contributed by atoms with van der Waals surface area (Å²) in [5.74, 6) is -1.53. The first-order valence-corrected chi connectivity index (χ1v) is 5.63. The number of nitrogens with zero attached hydrogens (tertiary/aromatic N) is 2. The Hall–Kier alpha value is -1.98. The number of rotatable bonds is 5. The maximum absolute atomic E-state index is 13.0. The molecule has 1 heterocycles. The third kappa shape index (κ3) is 3.80. The third-order valence-corrected chi connectivity index (χ3v) is 2.25. The molecule has 0 aliphatic rings. The fraction of sp³-hybridized carbons (Fsp3) is 0.417. The van der Waals surface area contributed by atoms with Gasteiger partial charge in [0.2, 0.25) is 0 Å². The maximum atomic E-state index is 13.0. The van der Waals surface area contributed by atoms with E-state index < -0.39 is 17.7 Å². The molecule has 5 nitrogen and oxygen atoms in total. The number of hydrogen-bond donors (Lipinski definition) is 0. The van der Waals surface area contributed by atoms with Gasteiger partial charge in [0, 0.05) is 12.7 Å². The van der Waals surface area contributed by atoms with Crippen LogP contribution in [0.2, 0.25) is 0 Å². The number of carbonyl (C=O) groups is 2. The Morgan fingerprint density at radius 1 is 1.39 bits per heavy atom. The van der Waals surface area contributed by atoms with Gasteiger partial charge in [-0.3, -0.25) is 14.6 Å². The van der Waals surface area contributed by atoms with Gasteiger partial charge < -0.3 is 9.64 Å². The minimum absolute atomic E-state index is 0.112. The third-order valence-electron chi connectivity index (χ3n) is 2.25. The van der Waals surface area contributed by atoms with Crippen molar-refractivity contribution < 1.29 is 18.7 Å². The van der Waals surface area contributed by atoms with Gasteiger partial charge in [-0.15, -0.1) is 0 Å². The summed E-state index contributed by atoms with van der Waals surface area (Å²) in [5.41, 5.74) is 0.112. The summed E-state index contributed by atoms with van der Waals surface area (Å²) < 4.78 is 17.7. The number of esters is 1. The van der Waals surface area contributed by atoms with Crippen LogP contribution in [0.15, 0.2) is 18.5 Å². The van der Waals surface area contributed by atoms with Crippen molar-refractivity contribution in [2.45, 2.75) is 13.8 Å². The number of ether oxygens (including phenoxy) is 1. The molecular weight excluding hydrogens is 239 g/mol. The summed E-state index contributed by atoms with van der Waals surface area (Å²) in [6.07, 6.45) is 2.28. The summed E-state index contributed by atoms with van der Waals surface area (Å²) in [6, 6.07) is 1.09. The van der Waals surface area contributed by atoms with Crippen LogP contribution in [-0.2, 0) is 9.53 Å². The lowest BCUT2D eigenvalue weighted by atomic mass is 10.2. The minimum Gasteiger partial charge on any atom is -0.465 e. The van der Waals surface area contributed by atoms with E-state index in [1.807, 2.05) is 0 Å². The number of aromatic nitrogens is 1. The van der Waals surface area contributed by atoms with Gasteiger partial charge in [0.15, 0.2) is 0 Å². The Kier molecular flexibility index (Phi) is 5.23. The zero-order valence-electron chi connectivity index (χ0n) is 10.4. The molecular formula is C12H15FN2O3. The van der Waals surface area contributed by atoms with Crippen LogP contribution in [0.1, 0.15) is 24.2 Å². The molecule has 1 aromatic rings. The van der Waals surface area contributed by atoms with Crippen molar-refractivity contribution in [3.63, 3.8) is 0 Å². The molecule has 18 heavy (non-hydrogen) atoms. The molecule has 1 rings (SSSR count). The highest BCUT2D eigenvalue weighted by Gasteiger charge is 2.18. The average molecular weight is 254 g/mol. The van der Waals surface area contributed by atoms with Gasteiger partial charge in [0.25, 0.3) is 5.91 Å². The summed E-state index contributed by atoms with van der Waals surface area (Å²) in [7, 11) is 0. The number of likely N-dealkylation sites (N-methyl/N-ethyl adjacent to an activating group) is 1.